The van der Waals surface area contributed by atoms with Crippen molar-refractivity contribution in [1.82, 2.24) is 9.88 Å². The number of methoxy groups -OCH3 is 1. The second kappa shape index (κ2) is 5.69. The molecular formula is C16H19N3O2. The lowest BCUT2D eigenvalue weighted by atomic mass is 10.1. The Balaban J connectivity index is 2.09. The van der Waals surface area contributed by atoms with Crippen molar-refractivity contribution in [3.05, 3.63) is 29.8 Å². The average molecular weight is 285 g/mol. The molecule has 2 heterocycles. The van der Waals surface area contributed by atoms with Crippen LogP contribution in [0, 0.1) is 0 Å². The summed E-state index contributed by atoms with van der Waals surface area (Å²) in [4.78, 5) is 20.6. The molecule has 0 amide bonds. The second-order valence-electron chi connectivity index (χ2n) is 5.34. The van der Waals surface area contributed by atoms with E-state index in [0.29, 0.717) is 5.56 Å². The largest absolute Gasteiger partial charge is 0.494 e. The number of hydrogen-bond donors (Lipinski definition) is 0. The van der Waals surface area contributed by atoms with Gasteiger partial charge in [-0.2, -0.15) is 0 Å². The molecule has 21 heavy (non-hydrogen) atoms. The first-order valence-electron chi connectivity index (χ1n) is 7.09. The molecule has 3 rings (SSSR count). The number of piperazine rings is 1. The highest BCUT2D eigenvalue weighted by Crippen LogP contribution is 2.29. The summed E-state index contributed by atoms with van der Waals surface area (Å²) < 4.78 is 5.38. The SMILES string of the molecule is COc1cccc2cc(C=O)c(N3CCN(C)CC3)nc12. The molecular weight excluding hydrogens is 266 g/mol. The number of anilines is 1. The van der Waals surface area contributed by atoms with Gasteiger partial charge in [-0.3, -0.25) is 4.79 Å². The Morgan fingerprint density at radius 3 is 2.67 bits per heavy atom. The number of nitrogens with zero attached hydrogens (tertiary/aromatic N) is 3. The number of para-hydroxylation sites is 1. The number of fused-ring (bicyclic) bond motifs is 1. The third-order valence-electron chi connectivity index (χ3n) is 3.97. The van der Waals surface area contributed by atoms with Crippen molar-refractivity contribution in [3.63, 3.8) is 0 Å². The Kier molecular flexibility index (Phi) is 3.75. The van der Waals surface area contributed by atoms with Crippen LogP contribution in [0.4, 0.5) is 5.82 Å². The minimum atomic E-state index is 0.639. The van der Waals surface area contributed by atoms with E-state index in [1.54, 1.807) is 7.11 Å². The summed E-state index contributed by atoms with van der Waals surface area (Å²) in [5.41, 5.74) is 1.44. The molecule has 1 aliphatic rings. The number of likely N-dealkylation sites (N-methyl/N-ethyl adjacent to an activating group) is 1. The number of carbonyl (C=O) groups excluding carboxylic acids is 1. The van der Waals surface area contributed by atoms with Crippen LogP contribution >= 0.6 is 0 Å². The normalized spacial score (nSPS) is 16.2. The first kappa shape index (κ1) is 13.8. The summed E-state index contributed by atoms with van der Waals surface area (Å²) in [6.07, 6.45) is 0.888. The van der Waals surface area contributed by atoms with Crippen LogP contribution in [-0.4, -0.2) is 56.5 Å². The summed E-state index contributed by atoms with van der Waals surface area (Å²) in [6, 6.07) is 7.65. The number of ether oxygens (including phenoxy) is 1. The molecule has 2 aromatic rings. The van der Waals surface area contributed by atoms with Crippen molar-refractivity contribution in [3.8, 4) is 5.75 Å². The molecule has 0 aliphatic carbocycles. The van der Waals surface area contributed by atoms with E-state index in [2.05, 4.69) is 16.8 Å². The highest BCUT2D eigenvalue weighted by atomic mass is 16.5. The van der Waals surface area contributed by atoms with Gasteiger partial charge in [-0.25, -0.2) is 4.98 Å². The molecule has 0 saturated carbocycles. The first-order valence-corrected chi connectivity index (χ1v) is 7.09. The van der Waals surface area contributed by atoms with Gasteiger partial charge in [0.1, 0.15) is 17.1 Å². The summed E-state index contributed by atoms with van der Waals surface area (Å²) in [7, 11) is 3.74. The Labute approximate surface area is 124 Å². The molecule has 1 aromatic heterocycles. The molecule has 0 N–H and O–H groups in total. The highest BCUT2D eigenvalue weighted by Gasteiger charge is 2.19. The lowest BCUT2D eigenvalue weighted by molar-refractivity contribution is 0.112. The predicted molar refractivity (Wildman–Crippen MR) is 83.4 cm³/mol. The van der Waals surface area contributed by atoms with Crippen molar-refractivity contribution in [1.29, 1.82) is 0 Å². The topological polar surface area (TPSA) is 45.7 Å². The van der Waals surface area contributed by atoms with Gasteiger partial charge in [0.05, 0.1) is 12.7 Å². The van der Waals surface area contributed by atoms with Crippen LogP contribution in [-0.2, 0) is 0 Å². The quantitative estimate of drug-likeness (QED) is 0.805. The van der Waals surface area contributed by atoms with Gasteiger partial charge in [-0.05, 0) is 19.2 Å². The number of aromatic nitrogens is 1. The maximum absolute atomic E-state index is 11.4. The van der Waals surface area contributed by atoms with Crippen LogP contribution in [0.1, 0.15) is 10.4 Å². The average Bonchev–Trinajstić information content (AvgIpc) is 2.53. The maximum Gasteiger partial charge on any atom is 0.153 e. The number of benzene rings is 1. The predicted octanol–water partition coefficient (Wildman–Crippen LogP) is 1.81. The number of rotatable bonds is 3. The van der Waals surface area contributed by atoms with Crippen LogP contribution in [0.25, 0.3) is 10.9 Å². The summed E-state index contributed by atoms with van der Waals surface area (Å²) in [5.74, 6) is 1.50. The molecule has 0 atom stereocenters. The molecule has 5 heteroatoms. The molecule has 0 bridgehead atoms. The summed E-state index contributed by atoms with van der Waals surface area (Å²) in [6.45, 7) is 3.71. The summed E-state index contributed by atoms with van der Waals surface area (Å²) >= 11 is 0. The van der Waals surface area contributed by atoms with Gasteiger partial charge in [0.25, 0.3) is 0 Å². The highest BCUT2D eigenvalue weighted by molar-refractivity contribution is 5.94. The van der Waals surface area contributed by atoms with Crippen molar-refractivity contribution >= 4 is 23.0 Å². The third kappa shape index (κ3) is 2.56. The van der Waals surface area contributed by atoms with Crippen molar-refractivity contribution in [2.45, 2.75) is 0 Å². The minimum absolute atomic E-state index is 0.639. The van der Waals surface area contributed by atoms with E-state index >= 15 is 0 Å². The van der Waals surface area contributed by atoms with Crippen LogP contribution in [0.15, 0.2) is 24.3 Å². The van der Waals surface area contributed by atoms with Gasteiger partial charge in [-0.15, -0.1) is 0 Å². The zero-order valence-electron chi connectivity index (χ0n) is 12.4. The minimum Gasteiger partial charge on any atom is -0.494 e. The van der Waals surface area contributed by atoms with Crippen LogP contribution in [0.3, 0.4) is 0 Å². The molecule has 0 unspecified atom stereocenters. The Morgan fingerprint density at radius 2 is 2.00 bits per heavy atom. The van der Waals surface area contributed by atoms with E-state index in [1.807, 2.05) is 24.3 Å². The van der Waals surface area contributed by atoms with Crippen molar-refractivity contribution in [2.24, 2.45) is 0 Å². The van der Waals surface area contributed by atoms with Crippen LogP contribution in [0.2, 0.25) is 0 Å². The van der Waals surface area contributed by atoms with Crippen LogP contribution < -0.4 is 9.64 Å². The molecule has 5 nitrogen and oxygen atoms in total. The molecule has 1 aromatic carbocycles. The van der Waals surface area contributed by atoms with E-state index in [4.69, 9.17) is 9.72 Å². The van der Waals surface area contributed by atoms with Gasteiger partial charge in [0.2, 0.25) is 0 Å². The van der Waals surface area contributed by atoms with E-state index in [0.717, 1.165) is 54.9 Å². The molecule has 1 fully saturated rings. The standard InChI is InChI=1S/C16H19N3O2/c1-18-6-8-19(9-7-18)16-13(11-20)10-12-4-3-5-14(21-2)15(12)17-16/h3-5,10-11H,6-9H2,1-2H3. The Bertz CT molecular complexity index is 664. The first-order chi connectivity index (χ1) is 10.2. The number of pyridine rings is 1. The molecule has 1 aliphatic heterocycles. The fourth-order valence-electron chi connectivity index (χ4n) is 2.70. The lowest BCUT2D eigenvalue weighted by Crippen LogP contribution is -2.45. The molecule has 110 valence electrons. The van der Waals surface area contributed by atoms with Gasteiger partial charge in [0, 0.05) is 31.6 Å². The number of carbonyl (C=O) groups is 1. The number of hydrogen-bond acceptors (Lipinski definition) is 5. The van der Waals surface area contributed by atoms with Crippen LogP contribution in [0.5, 0.6) is 5.75 Å². The van der Waals surface area contributed by atoms with Gasteiger partial charge < -0.3 is 14.5 Å². The van der Waals surface area contributed by atoms with Gasteiger partial charge >= 0.3 is 0 Å². The second-order valence-corrected chi connectivity index (χ2v) is 5.34. The lowest BCUT2D eigenvalue weighted by Gasteiger charge is -2.34. The maximum atomic E-state index is 11.4. The fourth-order valence-corrected chi connectivity index (χ4v) is 2.70. The zero-order chi connectivity index (χ0) is 14.8. The monoisotopic (exact) mass is 285 g/mol. The van der Waals surface area contributed by atoms with Gasteiger partial charge in [-0.1, -0.05) is 12.1 Å². The Hall–Kier alpha value is -2.14. The molecule has 0 spiro atoms. The fraction of sp³-hybridized carbons (Fsp3) is 0.375. The van der Waals surface area contributed by atoms with E-state index < -0.39 is 0 Å². The smallest absolute Gasteiger partial charge is 0.153 e. The van der Waals surface area contributed by atoms with Gasteiger partial charge in [0.15, 0.2) is 6.29 Å². The molecule has 0 radical (unpaired) electrons. The zero-order valence-corrected chi connectivity index (χ0v) is 12.4. The summed E-state index contributed by atoms with van der Waals surface area (Å²) in [5, 5.41) is 0.925. The molecule has 1 saturated heterocycles. The van der Waals surface area contributed by atoms with E-state index in [1.165, 1.54) is 0 Å². The van der Waals surface area contributed by atoms with E-state index in [9.17, 15) is 4.79 Å². The van der Waals surface area contributed by atoms with Crippen molar-refractivity contribution in [2.75, 3.05) is 45.2 Å². The number of aldehydes is 1. The van der Waals surface area contributed by atoms with Crippen molar-refractivity contribution < 1.29 is 9.53 Å². The van der Waals surface area contributed by atoms with E-state index in [-0.39, 0.29) is 0 Å². The third-order valence-corrected chi connectivity index (χ3v) is 3.97. The Morgan fingerprint density at radius 1 is 1.24 bits per heavy atom.